The highest BCUT2D eigenvalue weighted by atomic mass is 32.2. The van der Waals surface area contributed by atoms with Crippen molar-refractivity contribution in [2.75, 3.05) is 28.9 Å². The number of nitrogens with zero attached hydrogens (tertiary/aromatic N) is 3. The number of nitrogens with one attached hydrogen (secondary N) is 1. The minimum Gasteiger partial charge on any atom is -0.356 e. The first-order valence-corrected chi connectivity index (χ1v) is 8.15. The fourth-order valence-electron chi connectivity index (χ4n) is 2.42. The molecular weight excluding hydrogens is 282 g/mol. The highest BCUT2D eigenvalue weighted by molar-refractivity contribution is 7.99. The van der Waals surface area contributed by atoms with Crippen molar-refractivity contribution in [3.05, 3.63) is 36.4 Å². The van der Waals surface area contributed by atoms with Crippen LogP contribution in [0.2, 0.25) is 0 Å². The number of nitrogens with two attached hydrogens (primary N) is 1. The summed E-state index contributed by atoms with van der Waals surface area (Å²) in [5.41, 5.74) is 3.63. The normalized spacial score (nSPS) is 17.7. The molecule has 1 saturated heterocycles. The van der Waals surface area contributed by atoms with Crippen LogP contribution >= 0.6 is 11.8 Å². The zero-order valence-electron chi connectivity index (χ0n) is 12.0. The van der Waals surface area contributed by atoms with E-state index in [4.69, 9.17) is 10.8 Å². The van der Waals surface area contributed by atoms with Crippen molar-refractivity contribution in [1.29, 1.82) is 0 Å². The summed E-state index contributed by atoms with van der Waals surface area (Å²) in [4.78, 5) is 11.4. The van der Waals surface area contributed by atoms with E-state index in [-0.39, 0.29) is 0 Å². The largest absolute Gasteiger partial charge is 0.356 e. The van der Waals surface area contributed by atoms with Crippen LogP contribution < -0.4 is 16.2 Å². The number of hydrazine groups is 1. The Morgan fingerprint density at radius 2 is 2.10 bits per heavy atom. The van der Waals surface area contributed by atoms with E-state index < -0.39 is 0 Å². The Balaban J connectivity index is 1.97. The number of hydrogen-bond acceptors (Lipinski definition) is 6. The molecule has 6 heteroatoms. The fraction of sp³-hybridized carbons (Fsp3) is 0.333. The lowest BCUT2D eigenvalue weighted by molar-refractivity contribution is 0.691. The van der Waals surface area contributed by atoms with Crippen LogP contribution in [0.25, 0.3) is 11.4 Å². The highest BCUT2D eigenvalue weighted by Gasteiger charge is 2.22. The fourth-order valence-corrected chi connectivity index (χ4v) is 3.69. The molecule has 1 unspecified atom stereocenters. The summed E-state index contributed by atoms with van der Waals surface area (Å²) >= 11 is 1.99. The van der Waals surface area contributed by atoms with Crippen LogP contribution in [-0.2, 0) is 0 Å². The monoisotopic (exact) mass is 301 g/mol. The number of benzene rings is 1. The zero-order chi connectivity index (χ0) is 14.7. The van der Waals surface area contributed by atoms with Crippen LogP contribution in [0.4, 0.5) is 11.6 Å². The molecule has 21 heavy (non-hydrogen) atoms. The molecule has 2 aromatic rings. The van der Waals surface area contributed by atoms with Gasteiger partial charge in [-0.3, -0.25) is 0 Å². The van der Waals surface area contributed by atoms with Crippen molar-refractivity contribution in [1.82, 2.24) is 9.97 Å². The Hall–Kier alpha value is -1.79. The van der Waals surface area contributed by atoms with Gasteiger partial charge in [0.05, 0.1) is 0 Å². The zero-order valence-corrected chi connectivity index (χ0v) is 12.8. The number of anilines is 2. The van der Waals surface area contributed by atoms with Crippen LogP contribution in [0.5, 0.6) is 0 Å². The first-order chi connectivity index (χ1) is 10.3. The molecule has 3 N–H and O–H groups in total. The van der Waals surface area contributed by atoms with E-state index in [2.05, 4.69) is 22.4 Å². The third-order valence-corrected chi connectivity index (χ3v) is 4.85. The first-order valence-electron chi connectivity index (χ1n) is 6.99. The van der Waals surface area contributed by atoms with Gasteiger partial charge in [0.1, 0.15) is 11.6 Å². The van der Waals surface area contributed by atoms with E-state index in [1.807, 2.05) is 48.2 Å². The molecule has 0 aliphatic carbocycles. The third-order valence-electron chi connectivity index (χ3n) is 3.71. The van der Waals surface area contributed by atoms with Crippen molar-refractivity contribution in [3.8, 4) is 11.4 Å². The molecule has 1 fully saturated rings. The molecule has 1 aromatic carbocycles. The lowest BCUT2D eigenvalue weighted by Gasteiger charge is -2.25. The average molecular weight is 301 g/mol. The number of hydrogen-bond donors (Lipinski definition) is 2. The van der Waals surface area contributed by atoms with Gasteiger partial charge in [-0.1, -0.05) is 30.3 Å². The van der Waals surface area contributed by atoms with Crippen LogP contribution in [0, 0.1) is 0 Å². The lowest BCUT2D eigenvalue weighted by Crippen LogP contribution is -2.32. The quantitative estimate of drug-likeness (QED) is 0.667. The SMILES string of the molecule is CN(c1cc(NN)nc(-c2ccccc2)n1)C1CCSC1. The molecular formula is C15H19N5S. The van der Waals surface area contributed by atoms with Crippen LogP contribution in [0.1, 0.15) is 6.42 Å². The Labute approximate surface area is 128 Å². The molecule has 1 atom stereocenters. The number of nitrogen functional groups attached to an aromatic ring is 1. The molecule has 0 amide bonds. The first kappa shape index (κ1) is 14.2. The van der Waals surface area contributed by atoms with Gasteiger partial charge >= 0.3 is 0 Å². The van der Waals surface area contributed by atoms with E-state index in [9.17, 15) is 0 Å². The van der Waals surface area contributed by atoms with Crippen molar-refractivity contribution in [2.45, 2.75) is 12.5 Å². The Bertz CT molecular complexity index is 598. The number of rotatable bonds is 4. The van der Waals surface area contributed by atoms with Gasteiger partial charge in [-0.2, -0.15) is 11.8 Å². The molecule has 0 radical (unpaired) electrons. The molecule has 1 aliphatic heterocycles. The maximum atomic E-state index is 5.56. The summed E-state index contributed by atoms with van der Waals surface area (Å²) in [6.45, 7) is 0. The van der Waals surface area contributed by atoms with Crippen molar-refractivity contribution in [3.63, 3.8) is 0 Å². The van der Waals surface area contributed by atoms with Crippen molar-refractivity contribution >= 4 is 23.4 Å². The van der Waals surface area contributed by atoms with Gasteiger partial charge < -0.3 is 10.3 Å². The molecule has 3 rings (SSSR count). The Morgan fingerprint density at radius 1 is 1.29 bits per heavy atom. The number of aromatic nitrogens is 2. The average Bonchev–Trinajstić information content (AvgIpc) is 3.09. The minimum atomic E-state index is 0.527. The Kier molecular flexibility index (Phi) is 4.26. The van der Waals surface area contributed by atoms with Gasteiger partial charge in [0, 0.05) is 30.5 Å². The molecule has 0 saturated carbocycles. The second-order valence-electron chi connectivity index (χ2n) is 5.07. The van der Waals surface area contributed by atoms with Gasteiger partial charge in [-0.25, -0.2) is 15.8 Å². The minimum absolute atomic E-state index is 0.527. The van der Waals surface area contributed by atoms with Crippen LogP contribution in [0.15, 0.2) is 36.4 Å². The van der Waals surface area contributed by atoms with Gasteiger partial charge in [-0.05, 0) is 12.2 Å². The molecule has 110 valence electrons. The van der Waals surface area contributed by atoms with Gasteiger partial charge in [0.15, 0.2) is 5.82 Å². The van der Waals surface area contributed by atoms with E-state index in [0.29, 0.717) is 17.7 Å². The summed E-state index contributed by atoms with van der Waals surface area (Å²) in [5.74, 6) is 10.2. The smallest absolute Gasteiger partial charge is 0.163 e. The maximum absolute atomic E-state index is 5.56. The molecule has 5 nitrogen and oxygen atoms in total. The summed E-state index contributed by atoms with van der Waals surface area (Å²) in [7, 11) is 2.09. The summed E-state index contributed by atoms with van der Waals surface area (Å²) in [5, 5.41) is 0. The topological polar surface area (TPSA) is 67.1 Å². The van der Waals surface area contributed by atoms with E-state index >= 15 is 0 Å². The number of thioether (sulfide) groups is 1. The Morgan fingerprint density at radius 3 is 2.76 bits per heavy atom. The lowest BCUT2D eigenvalue weighted by atomic mass is 10.2. The second-order valence-corrected chi connectivity index (χ2v) is 6.22. The van der Waals surface area contributed by atoms with Crippen molar-refractivity contribution in [2.24, 2.45) is 5.84 Å². The van der Waals surface area contributed by atoms with Gasteiger partial charge in [0.25, 0.3) is 0 Å². The third kappa shape index (κ3) is 3.11. The van der Waals surface area contributed by atoms with E-state index in [0.717, 1.165) is 17.1 Å². The van der Waals surface area contributed by atoms with Crippen LogP contribution in [0.3, 0.4) is 0 Å². The van der Waals surface area contributed by atoms with E-state index in [1.54, 1.807) is 0 Å². The maximum Gasteiger partial charge on any atom is 0.163 e. The van der Waals surface area contributed by atoms with Crippen molar-refractivity contribution < 1.29 is 0 Å². The predicted molar refractivity (Wildman–Crippen MR) is 89.4 cm³/mol. The highest BCUT2D eigenvalue weighted by Crippen LogP contribution is 2.27. The van der Waals surface area contributed by atoms with Gasteiger partial charge in [-0.15, -0.1) is 0 Å². The molecule has 1 aromatic heterocycles. The molecule has 0 spiro atoms. The second kappa shape index (κ2) is 6.32. The summed E-state index contributed by atoms with van der Waals surface area (Å²) < 4.78 is 0. The summed E-state index contributed by atoms with van der Waals surface area (Å²) in [6.07, 6.45) is 1.19. The molecule has 0 bridgehead atoms. The van der Waals surface area contributed by atoms with Crippen LogP contribution in [-0.4, -0.2) is 34.6 Å². The summed E-state index contributed by atoms with van der Waals surface area (Å²) in [6, 6.07) is 12.4. The standard InChI is InChI=1S/C15H19N5S/c1-20(12-7-8-21-10-12)14-9-13(19-16)17-15(18-14)11-5-3-2-4-6-11/h2-6,9,12H,7-8,10,16H2,1H3,(H,17,18,19). The molecule has 1 aliphatic rings. The van der Waals surface area contributed by atoms with E-state index in [1.165, 1.54) is 12.2 Å². The predicted octanol–water partition coefficient (Wildman–Crippen LogP) is 2.37. The van der Waals surface area contributed by atoms with Gasteiger partial charge in [0.2, 0.25) is 0 Å². The molecule has 2 heterocycles.